The molecule has 4 heteroatoms. The van der Waals surface area contributed by atoms with Crippen molar-refractivity contribution in [2.45, 2.75) is 38.1 Å². The first kappa shape index (κ1) is 15.5. The highest BCUT2D eigenvalue weighted by Crippen LogP contribution is 2.23. The summed E-state index contributed by atoms with van der Waals surface area (Å²) in [5.41, 5.74) is 5.92. The van der Waals surface area contributed by atoms with E-state index >= 15 is 0 Å². The molecule has 1 amide bonds. The number of amides is 1. The summed E-state index contributed by atoms with van der Waals surface area (Å²) < 4.78 is 13.9. The van der Waals surface area contributed by atoms with Crippen LogP contribution in [0.15, 0.2) is 18.2 Å². The molecular weight excluding hydrogens is 267 g/mol. The van der Waals surface area contributed by atoms with Crippen LogP contribution < -0.4 is 5.73 Å². The fourth-order valence-corrected chi connectivity index (χ4v) is 2.73. The smallest absolute Gasteiger partial charge is 0.253 e. The Morgan fingerprint density at radius 1 is 1.38 bits per heavy atom. The third-order valence-electron chi connectivity index (χ3n) is 3.98. The van der Waals surface area contributed by atoms with Gasteiger partial charge in [0.05, 0.1) is 12.1 Å². The lowest BCUT2D eigenvalue weighted by molar-refractivity contribution is 0.0696. The maximum absolute atomic E-state index is 13.9. The van der Waals surface area contributed by atoms with Crippen molar-refractivity contribution in [3.05, 3.63) is 35.1 Å². The zero-order chi connectivity index (χ0) is 15.2. The highest BCUT2D eigenvalue weighted by molar-refractivity contribution is 5.94. The van der Waals surface area contributed by atoms with Crippen LogP contribution in [0.3, 0.4) is 0 Å². The first-order valence-electron chi connectivity index (χ1n) is 7.39. The molecule has 0 heterocycles. The van der Waals surface area contributed by atoms with Gasteiger partial charge in [0.1, 0.15) is 5.82 Å². The first-order chi connectivity index (χ1) is 10.1. The van der Waals surface area contributed by atoms with E-state index in [9.17, 15) is 9.18 Å². The van der Waals surface area contributed by atoms with Crippen LogP contribution in [0.1, 0.15) is 48.0 Å². The molecule has 1 aromatic rings. The van der Waals surface area contributed by atoms with Gasteiger partial charge < -0.3 is 10.6 Å². The van der Waals surface area contributed by atoms with Gasteiger partial charge in [0.25, 0.3) is 5.91 Å². The Balaban J connectivity index is 2.13. The van der Waals surface area contributed by atoms with E-state index in [-0.39, 0.29) is 24.1 Å². The van der Waals surface area contributed by atoms with Crippen molar-refractivity contribution in [2.75, 3.05) is 13.6 Å². The number of nitrogens with zero attached hydrogens (tertiary/aromatic N) is 1. The molecule has 0 saturated heterocycles. The van der Waals surface area contributed by atoms with E-state index in [0.717, 1.165) is 25.7 Å². The van der Waals surface area contributed by atoms with Gasteiger partial charge in [0.15, 0.2) is 0 Å². The number of carbonyl (C=O) groups is 1. The van der Waals surface area contributed by atoms with Crippen molar-refractivity contribution >= 4 is 5.91 Å². The van der Waals surface area contributed by atoms with Crippen molar-refractivity contribution in [2.24, 2.45) is 5.73 Å². The Morgan fingerprint density at radius 2 is 2.10 bits per heavy atom. The molecule has 0 bridgehead atoms. The van der Waals surface area contributed by atoms with Crippen molar-refractivity contribution in [3.63, 3.8) is 0 Å². The molecule has 0 aliphatic heterocycles. The number of halogens is 1. The summed E-state index contributed by atoms with van der Waals surface area (Å²) in [4.78, 5) is 14.2. The lowest BCUT2D eigenvalue weighted by Gasteiger charge is -2.31. The van der Waals surface area contributed by atoms with Gasteiger partial charge in [-0.3, -0.25) is 4.79 Å². The second-order valence-electron chi connectivity index (χ2n) is 5.41. The molecule has 0 radical (unpaired) electrons. The van der Waals surface area contributed by atoms with Crippen molar-refractivity contribution in [1.29, 1.82) is 0 Å². The maximum Gasteiger partial charge on any atom is 0.253 e. The summed E-state index contributed by atoms with van der Waals surface area (Å²) >= 11 is 0. The monoisotopic (exact) mass is 288 g/mol. The summed E-state index contributed by atoms with van der Waals surface area (Å²) in [6.07, 6.45) is 5.62. The predicted octanol–water partition coefficient (Wildman–Crippen LogP) is 2.54. The molecule has 112 valence electrons. The van der Waals surface area contributed by atoms with Gasteiger partial charge in [-0.25, -0.2) is 4.39 Å². The van der Waals surface area contributed by atoms with Gasteiger partial charge in [-0.15, -0.1) is 0 Å². The van der Waals surface area contributed by atoms with Crippen LogP contribution in [0.5, 0.6) is 0 Å². The number of benzene rings is 1. The molecule has 1 aromatic carbocycles. The van der Waals surface area contributed by atoms with E-state index in [1.54, 1.807) is 24.1 Å². The van der Waals surface area contributed by atoms with Crippen molar-refractivity contribution in [1.82, 2.24) is 4.90 Å². The molecule has 1 aliphatic carbocycles. The summed E-state index contributed by atoms with van der Waals surface area (Å²) in [6.45, 7) is 0.185. The lowest BCUT2D eigenvalue weighted by Crippen LogP contribution is -2.38. The predicted molar refractivity (Wildman–Crippen MR) is 81.3 cm³/mol. The average Bonchev–Trinajstić information content (AvgIpc) is 2.53. The number of nitrogens with two attached hydrogens (primary N) is 1. The topological polar surface area (TPSA) is 46.3 Å². The van der Waals surface area contributed by atoms with Crippen LogP contribution in [-0.2, 0) is 0 Å². The van der Waals surface area contributed by atoms with E-state index in [1.165, 1.54) is 12.5 Å². The Kier molecular flexibility index (Phi) is 5.35. The Bertz CT molecular complexity index is 568. The fourth-order valence-electron chi connectivity index (χ4n) is 2.73. The Morgan fingerprint density at radius 3 is 2.71 bits per heavy atom. The highest BCUT2D eigenvalue weighted by atomic mass is 19.1. The molecule has 0 aromatic heterocycles. The van der Waals surface area contributed by atoms with Gasteiger partial charge >= 0.3 is 0 Å². The molecule has 0 spiro atoms. The molecule has 1 aliphatic rings. The largest absolute Gasteiger partial charge is 0.339 e. The van der Waals surface area contributed by atoms with E-state index in [2.05, 4.69) is 11.8 Å². The summed E-state index contributed by atoms with van der Waals surface area (Å²) in [5.74, 6) is 4.67. The Hall–Kier alpha value is -1.86. The highest BCUT2D eigenvalue weighted by Gasteiger charge is 2.23. The number of rotatable bonds is 2. The quantitative estimate of drug-likeness (QED) is 0.850. The van der Waals surface area contributed by atoms with E-state index in [4.69, 9.17) is 5.73 Å². The van der Waals surface area contributed by atoms with Crippen molar-refractivity contribution in [3.8, 4) is 11.8 Å². The average molecular weight is 288 g/mol. The van der Waals surface area contributed by atoms with E-state index in [0.29, 0.717) is 5.56 Å². The molecule has 21 heavy (non-hydrogen) atoms. The van der Waals surface area contributed by atoms with Gasteiger partial charge in [-0.2, -0.15) is 0 Å². The van der Waals surface area contributed by atoms with Crippen LogP contribution in [-0.4, -0.2) is 30.4 Å². The summed E-state index contributed by atoms with van der Waals surface area (Å²) in [5, 5.41) is 0. The Labute approximate surface area is 125 Å². The van der Waals surface area contributed by atoms with Gasteiger partial charge in [0, 0.05) is 18.7 Å². The molecule has 1 fully saturated rings. The number of hydrogen-bond donors (Lipinski definition) is 1. The number of carbonyl (C=O) groups excluding carboxylic acids is 1. The standard InChI is InChI=1S/C17H21FN2O/c1-20(15-7-3-2-4-8-15)17(21)14-10-9-13(6-5-11-19)16(18)12-14/h9-10,12,15H,2-4,7-8,11,19H2,1H3. The SMILES string of the molecule is CN(C(=O)c1ccc(C#CCN)c(F)c1)C1CCCCC1. The molecule has 2 N–H and O–H groups in total. The normalized spacial score (nSPS) is 15.2. The van der Waals surface area contributed by atoms with Crippen LogP contribution in [0.2, 0.25) is 0 Å². The van der Waals surface area contributed by atoms with E-state index < -0.39 is 5.82 Å². The second-order valence-corrected chi connectivity index (χ2v) is 5.41. The minimum atomic E-state index is -0.473. The van der Waals surface area contributed by atoms with Crippen LogP contribution in [0.25, 0.3) is 0 Å². The van der Waals surface area contributed by atoms with E-state index in [1.807, 2.05) is 0 Å². The molecule has 2 rings (SSSR count). The van der Waals surface area contributed by atoms with Gasteiger partial charge in [-0.1, -0.05) is 31.1 Å². The summed E-state index contributed by atoms with van der Waals surface area (Å²) in [7, 11) is 1.80. The fraction of sp³-hybridized carbons (Fsp3) is 0.471. The molecule has 0 unspecified atom stereocenters. The number of hydrogen-bond acceptors (Lipinski definition) is 2. The third kappa shape index (κ3) is 3.83. The first-order valence-corrected chi connectivity index (χ1v) is 7.39. The second kappa shape index (κ2) is 7.24. The van der Waals surface area contributed by atoms with Crippen LogP contribution in [0.4, 0.5) is 4.39 Å². The summed E-state index contributed by atoms with van der Waals surface area (Å²) in [6, 6.07) is 4.71. The minimum Gasteiger partial charge on any atom is -0.339 e. The third-order valence-corrected chi connectivity index (χ3v) is 3.98. The van der Waals surface area contributed by atoms with Crippen LogP contribution in [0, 0.1) is 17.7 Å². The van der Waals surface area contributed by atoms with Crippen molar-refractivity contribution < 1.29 is 9.18 Å². The zero-order valence-electron chi connectivity index (χ0n) is 12.4. The lowest BCUT2D eigenvalue weighted by atomic mass is 9.94. The zero-order valence-corrected chi connectivity index (χ0v) is 12.4. The maximum atomic E-state index is 13.9. The molecule has 3 nitrogen and oxygen atoms in total. The van der Waals surface area contributed by atoms with Crippen LogP contribution >= 0.6 is 0 Å². The molecule has 0 atom stereocenters. The molecular formula is C17H21FN2O. The van der Waals surface area contributed by atoms with Gasteiger partial charge in [-0.05, 0) is 31.0 Å². The molecule has 1 saturated carbocycles. The minimum absolute atomic E-state index is 0.126. The van der Waals surface area contributed by atoms with Gasteiger partial charge in [0.2, 0.25) is 0 Å².